The summed E-state index contributed by atoms with van der Waals surface area (Å²) < 4.78 is 5.12. The van der Waals surface area contributed by atoms with Crippen LogP contribution in [0.4, 0.5) is 0 Å². The van der Waals surface area contributed by atoms with Crippen molar-refractivity contribution in [3.63, 3.8) is 0 Å². The summed E-state index contributed by atoms with van der Waals surface area (Å²) in [6.45, 7) is 2.20. The number of hydrogen-bond acceptors (Lipinski definition) is 4. The van der Waals surface area contributed by atoms with Gasteiger partial charge in [-0.25, -0.2) is 0 Å². The van der Waals surface area contributed by atoms with Crippen molar-refractivity contribution in [1.82, 2.24) is 0 Å². The highest BCUT2D eigenvalue weighted by atomic mass is 32.2. The van der Waals surface area contributed by atoms with Crippen LogP contribution in [-0.2, 0) is 0 Å². The first kappa shape index (κ1) is 13.1. The van der Waals surface area contributed by atoms with Crippen LogP contribution < -0.4 is 4.74 Å². The van der Waals surface area contributed by atoms with Crippen molar-refractivity contribution in [3.8, 4) is 5.75 Å². The van der Waals surface area contributed by atoms with Gasteiger partial charge in [0.1, 0.15) is 5.75 Å². The van der Waals surface area contributed by atoms with E-state index < -0.39 is 0 Å². The average Bonchev–Trinajstić information content (AvgIpc) is 2.39. The van der Waals surface area contributed by atoms with Crippen molar-refractivity contribution in [1.29, 1.82) is 0 Å². The molecule has 1 N–H and O–H groups in total. The Labute approximate surface area is 111 Å². The van der Waals surface area contributed by atoms with E-state index in [4.69, 9.17) is 4.74 Å². The fraction of sp³-hybridized carbons (Fsp3) is 0.538. The molecule has 0 saturated carbocycles. The van der Waals surface area contributed by atoms with Crippen molar-refractivity contribution >= 4 is 23.5 Å². The summed E-state index contributed by atoms with van der Waals surface area (Å²) in [5, 5.41) is 11.2. The summed E-state index contributed by atoms with van der Waals surface area (Å²) in [7, 11) is 1.65. The Hall–Kier alpha value is -0.320. The van der Waals surface area contributed by atoms with Crippen LogP contribution in [0, 0.1) is 0 Å². The van der Waals surface area contributed by atoms with Gasteiger partial charge in [0, 0.05) is 22.0 Å². The second kappa shape index (κ2) is 6.03. The zero-order chi connectivity index (χ0) is 12.3. The summed E-state index contributed by atoms with van der Waals surface area (Å²) in [6, 6.07) is 7.72. The second-order valence-electron chi connectivity index (χ2n) is 4.13. The molecule has 0 amide bonds. The van der Waals surface area contributed by atoms with Crippen LogP contribution in [0.15, 0.2) is 24.3 Å². The van der Waals surface area contributed by atoms with Crippen LogP contribution >= 0.6 is 23.5 Å². The Morgan fingerprint density at radius 2 is 1.88 bits per heavy atom. The lowest BCUT2D eigenvalue weighted by Crippen LogP contribution is -2.29. The summed E-state index contributed by atoms with van der Waals surface area (Å²) in [6.07, 6.45) is -0.381. The lowest BCUT2D eigenvalue weighted by molar-refractivity contribution is 0.174. The molecule has 1 aliphatic rings. The molecule has 1 aliphatic heterocycles. The summed E-state index contributed by atoms with van der Waals surface area (Å²) in [4.78, 5) is 0. The quantitative estimate of drug-likeness (QED) is 0.914. The molecule has 0 radical (unpaired) electrons. The maximum absolute atomic E-state index is 10.4. The minimum atomic E-state index is -0.381. The predicted molar refractivity (Wildman–Crippen MR) is 76.1 cm³/mol. The van der Waals surface area contributed by atoms with Crippen molar-refractivity contribution in [3.05, 3.63) is 29.8 Å². The molecule has 1 aromatic carbocycles. The van der Waals surface area contributed by atoms with Crippen molar-refractivity contribution in [2.45, 2.75) is 23.5 Å². The molecule has 3 unspecified atom stereocenters. The molecular weight excluding hydrogens is 252 g/mol. The fourth-order valence-corrected chi connectivity index (χ4v) is 4.82. The minimum Gasteiger partial charge on any atom is -0.497 e. The Bertz CT molecular complexity index is 353. The Kier molecular flexibility index (Phi) is 4.65. The maximum Gasteiger partial charge on any atom is 0.118 e. The Morgan fingerprint density at radius 1 is 1.24 bits per heavy atom. The lowest BCUT2D eigenvalue weighted by atomic mass is 10.0. The molecule has 1 saturated heterocycles. The molecule has 1 aromatic rings. The molecule has 1 heterocycles. The predicted octanol–water partition coefficient (Wildman–Crippen LogP) is 2.97. The summed E-state index contributed by atoms with van der Waals surface area (Å²) in [5.74, 6) is 3.16. The highest BCUT2D eigenvalue weighted by Gasteiger charge is 2.29. The highest BCUT2D eigenvalue weighted by molar-refractivity contribution is 8.07. The maximum atomic E-state index is 10.4. The third-order valence-electron chi connectivity index (χ3n) is 3.01. The van der Waals surface area contributed by atoms with Crippen molar-refractivity contribution in [2.75, 3.05) is 18.6 Å². The molecule has 2 rings (SSSR count). The normalized spacial score (nSPS) is 26.5. The third kappa shape index (κ3) is 3.12. The van der Waals surface area contributed by atoms with E-state index >= 15 is 0 Å². The summed E-state index contributed by atoms with van der Waals surface area (Å²) in [5.41, 5.74) is 0.984. The SMILES string of the molecule is COc1ccc(C(O)C2SCCSC2C)cc1. The molecule has 0 spiro atoms. The van der Waals surface area contributed by atoms with Crippen LogP contribution in [0.1, 0.15) is 18.6 Å². The van der Waals surface area contributed by atoms with Gasteiger partial charge in [-0.05, 0) is 17.7 Å². The van der Waals surface area contributed by atoms with Gasteiger partial charge in [0.25, 0.3) is 0 Å². The molecule has 0 aliphatic carbocycles. The van der Waals surface area contributed by atoms with Crippen LogP contribution in [0.2, 0.25) is 0 Å². The number of benzene rings is 1. The van der Waals surface area contributed by atoms with E-state index in [9.17, 15) is 5.11 Å². The number of rotatable bonds is 3. The number of methoxy groups -OCH3 is 1. The topological polar surface area (TPSA) is 29.5 Å². The van der Waals surface area contributed by atoms with E-state index in [0.29, 0.717) is 10.5 Å². The van der Waals surface area contributed by atoms with Crippen LogP contribution in [0.5, 0.6) is 5.75 Å². The lowest BCUT2D eigenvalue weighted by Gasteiger charge is -2.31. The first-order valence-electron chi connectivity index (χ1n) is 5.77. The van der Waals surface area contributed by atoms with Gasteiger partial charge in [-0.15, -0.1) is 0 Å². The smallest absolute Gasteiger partial charge is 0.118 e. The number of aliphatic hydroxyl groups is 1. The number of hydrogen-bond donors (Lipinski definition) is 1. The van der Waals surface area contributed by atoms with Gasteiger partial charge in [0.05, 0.1) is 13.2 Å². The zero-order valence-electron chi connectivity index (χ0n) is 10.1. The van der Waals surface area contributed by atoms with Crippen LogP contribution in [0.25, 0.3) is 0 Å². The van der Waals surface area contributed by atoms with E-state index in [0.717, 1.165) is 17.1 Å². The molecule has 17 heavy (non-hydrogen) atoms. The Balaban J connectivity index is 2.09. The molecular formula is C13H18O2S2. The van der Waals surface area contributed by atoms with E-state index in [1.807, 2.05) is 47.8 Å². The second-order valence-corrected chi connectivity index (χ2v) is 6.90. The van der Waals surface area contributed by atoms with E-state index in [1.54, 1.807) is 7.11 Å². The summed E-state index contributed by atoms with van der Waals surface area (Å²) >= 11 is 3.83. The molecule has 94 valence electrons. The number of ether oxygens (including phenoxy) is 1. The third-order valence-corrected chi connectivity index (χ3v) is 6.19. The molecule has 2 nitrogen and oxygen atoms in total. The molecule has 4 heteroatoms. The van der Waals surface area contributed by atoms with Gasteiger partial charge in [-0.2, -0.15) is 23.5 Å². The van der Waals surface area contributed by atoms with Gasteiger partial charge in [0.15, 0.2) is 0 Å². The van der Waals surface area contributed by atoms with Gasteiger partial charge in [-0.1, -0.05) is 19.1 Å². The first-order chi connectivity index (χ1) is 8.22. The molecule has 3 atom stereocenters. The van der Waals surface area contributed by atoms with E-state index in [-0.39, 0.29) is 6.10 Å². The molecule has 1 fully saturated rings. The van der Waals surface area contributed by atoms with Gasteiger partial charge in [-0.3, -0.25) is 0 Å². The molecule has 0 aromatic heterocycles. The van der Waals surface area contributed by atoms with Crippen molar-refractivity contribution in [2.24, 2.45) is 0 Å². The van der Waals surface area contributed by atoms with E-state index in [2.05, 4.69) is 6.92 Å². The van der Waals surface area contributed by atoms with Crippen LogP contribution in [-0.4, -0.2) is 34.2 Å². The standard InChI is InChI=1S/C13H18O2S2/c1-9-13(17-8-7-16-9)12(14)10-3-5-11(15-2)6-4-10/h3-6,9,12-14H,7-8H2,1-2H3. The average molecular weight is 270 g/mol. The number of aliphatic hydroxyl groups excluding tert-OH is 1. The van der Waals surface area contributed by atoms with Crippen molar-refractivity contribution < 1.29 is 9.84 Å². The monoisotopic (exact) mass is 270 g/mol. The van der Waals surface area contributed by atoms with Crippen LogP contribution in [0.3, 0.4) is 0 Å². The molecule has 0 bridgehead atoms. The van der Waals surface area contributed by atoms with Gasteiger partial charge < -0.3 is 9.84 Å². The Morgan fingerprint density at radius 3 is 2.47 bits per heavy atom. The van der Waals surface area contributed by atoms with E-state index in [1.165, 1.54) is 5.75 Å². The first-order valence-corrected chi connectivity index (χ1v) is 7.87. The fourth-order valence-electron chi connectivity index (χ4n) is 1.99. The van der Waals surface area contributed by atoms with Gasteiger partial charge in [0.2, 0.25) is 0 Å². The highest BCUT2D eigenvalue weighted by Crippen LogP contribution is 2.38. The van der Waals surface area contributed by atoms with Gasteiger partial charge >= 0.3 is 0 Å². The number of thioether (sulfide) groups is 2. The largest absolute Gasteiger partial charge is 0.497 e. The zero-order valence-corrected chi connectivity index (χ0v) is 11.8. The minimum absolute atomic E-state index is 0.294.